The molecular formula is C12H14BrFN2O3. The van der Waals surface area contributed by atoms with Gasteiger partial charge in [-0.05, 0) is 41.9 Å². The summed E-state index contributed by atoms with van der Waals surface area (Å²) in [6, 6.07) is 3.05. The molecule has 2 atom stereocenters. The van der Waals surface area contributed by atoms with Gasteiger partial charge >= 0.3 is 12.0 Å². The molecule has 0 fully saturated rings. The van der Waals surface area contributed by atoms with Crippen LogP contribution in [0.2, 0.25) is 0 Å². The predicted octanol–water partition coefficient (Wildman–Crippen LogP) is 2.82. The minimum atomic E-state index is -1.01. The molecular weight excluding hydrogens is 319 g/mol. The van der Waals surface area contributed by atoms with Gasteiger partial charge < -0.3 is 15.7 Å². The number of nitrogens with one attached hydrogen (secondary N) is 2. The van der Waals surface area contributed by atoms with Crippen LogP contribution < -0.4 is 10.6 Å². The Morgan fingerprint density at radius 3 is 2.53 bits per heavy atom. The quantitative estimate of drug-likeness (QED) is 0.793. The Morgan fingerprint density at radius 2 is 2.00 bits per heavy atom. The van der Waals surface area contributed by atoms with Crippen LogP contribution >= 0.6 is 15.9 Å². The lowest BCUT2D eigenvalue weighted by Gasteiger charge is -2.18. The third-order valence-corrected chi connectivity index (χ3v) is 3.36. The van der Waals surface area contributed by atoms with Gasteiger partial charge in [0.05, 0.1) is 11.6 Å². The summed E-state index contributed by atoms with van der Waals surface area (Å²) in [6.45, 7) is 3.04. The van der Waals surface area contributed by atoms with E-state index in [1.807, 2.05) is 0 Å². The Labute approximate surface area is 118 Å². The second-order valence-corrected chi connectivity index (χ2v) is 4.97. The number of halogens is 2. The maximum absolute atomic E-state index is 13.5. The molecule has 0 heterocycles. The van der Waals surface area contributed by atoms with E-state index in [0.717, 1.165) is 0 Å². The number of benzene rings is 1. The number of urea groups is 1. The van der Waals surface area contributed by atoms with Crippen molar-refractivity contribution in [2.24, 2.45) is 5.92 Å². The Balaban J connectivity index is 2.68. The highest BCUT2D eigenvalue weighted by Gasteiger charge is 2.21. The summed E-state index contributed by atoms with van der Waals surface area (Å²) in [5.74, 6) is -2.34. The van der Waals surface area contributed by atoms with Crippen LogP contribution in [0.5, 0.6) is 0 Å². The Kier molecular flexibility index (Phi) is 5.29. The fourth-order valence-corrected chi connectivity index (χ4v) is 1.75. The van der Waals surface area contributed by atoms with Crippen LogP contribution in [0.25, 0.3) is 0 Å². The number of hydrogen-bond acceptors (Lipinski definition) is 2. The first-order chi connectivity index (χ1) is 8.82. The number of carbonyl (C=O) groups is 2. The fraction of sp³-hybridized carbons (Fsp3) is 0.333. The molecule has 0 saturated heterocycles. The first-order valence-corrected chi connectivity index (χ1v) is 6.36. The standard InChI is InChI=1S/C12H14BrFN2O3/c1-6(11(17)18)7(2)15-12(19)16-10-8(13)4-3-5-9(10)14/h3-7H,1-2H3,(H,17,18)(H2,15,16,19). The lowest BCUT2D eigenvalue weighted by Crippen LogP contribution is -2.42. The zero-order valence-electron chi connectivity index (χ0n) is 10.4. The van der Waals surface area contributed by atoms with E-state index in [9.17, 15) is 14.0 Å². The van der Waals surface area contributed by atoms with Crippen LogP contribution in [0.4, 0.5) is 14.9 Å². The van der Waals surface area contributed by atoms with Gasteiger partial charge in [0.25, 0.3) is 0 Å². The number of carbonyl (C=O) groups excluding carboxylic acids is 1. The SMILES string of the molecule is CC(NC(=O)Nc1c(F)cccc1Br)C(C)C(=O)O. The summed E-state index contributed by atoms with van der Waals surface area (Å²) in [5.41, 5.74) is 0.00942. The van der Waals surface area contributed by atoms with Crippen molar-refractivity contribution < 1.29 is 19.1 Å². The van der Waals surface area contributed by atoms with Gasteiger partial charge in [-0.2, -0.15) is 0 Å². The Bertz CT molecular complexity index is 476. The largest absolute Gasteiger partial charge is 0.481 e. The van der Waals surface area contributed by atoms with Crippen LogP contribution in [0.15, 0.2) is 22.7 Å². The zero-order chi connectivity index (χ0) is 14.6. The number of carboxylic acids is 1. The Hall–Kier alpha value is -1.63. The number of hydrogen-bond donors (Lipinski definition) is 3. The van der Waals surface area contributed by atoms with Crippen molar-refractivity contribution in [3.63, 3.8) is 0 Å². The Morgan fingerprint density at radius 1 is 1.37 bits per heavy atom. The van der Waals surface area contributed by atoms with Gasteiger partial charge in [0.15, 0.2) is 0 Å². The van der Waals surface area contributed by atoms with Crippen LogP contribution in [-0.4, -0.2) is 23.1 Å². The normalized spacial score (nSPS) is 13.5. The van der Waals surface area contributed by atoms with E-state index < -0.39 is 29.8 Å². The molecule has 0 bridgehead atoms. The molecule has 1 rings (SSSR count). The summed E-state index contributed by atoms with van der Waals surface area (Å²) in [7, 11) is 0. The van der Waals surface area contributed by atoms with E-state index in [1.54, 1.807) is 13.0 Å². The van der Waals surface area contributed by atoms with Crippen molar-refractivity contribution in [1.29, 1.82) is 0 Å². The highest BCUT2D eigenvalue weighted by molar-refractivity contribution is 9.10. The lowest BCUT2D eigenvalue weighted by atomic mass is 10.0. The van der Waals surface area contributed by atoms with E-state index in [2.05, 4.69) is 26.6 Å². The molecule has 7 heteroatoms. The van der Waals surface area contributed by atoms with Crippen molar-refractivity contribution in [2.45, 2.75) is 19.9 Å². The average molecular weight is 333 g/mol. The van der Waals surface area contributed by atoms with Crippen molar-refractivity contribution >= 4 is 33.6 Å². The molecule has 0 aliphatic carbocycles. The molecule has 2 unspecified atom stereocenters. The van der Waals surface area contributed by atoms with Crippen molar-refractivity contribution in [3.05, 3.63) is 28.5 Å². The zero-order valence-corrected chi connectivity index (χ0v) is 12.0. The molecule has 0 aliphatic heterocycles. The molecule has 3 N–H and O–H groups in total. The van der Waals surface area contributed by atoms with Gasteiger partial charge in [-0.1, -0.05) is 6.07 Å². The minimum absolute atomic E-state index is 0.00942. The number of para-hydroxylation sites is 1. The number of anilines is 1. The van der Waals surface area contributed by atoms with E-state index in [-0.39, 0.29) is 5.69 Å². The summed E-state index contributed by atoms with van der Waals surface area (Å²) >= 11 is 3.12. The maximum atomic E-state index is 13.5. The molecule has 19 heavy (non-hydrogen) atoms. The maximum Gasteiger partial charge on any atom is 0.319 e. The highest BCUT2D eigenvalue weighted by atomic mass is 79.9. The molecule has 0 aromatic heterocycles. The van der Waals surface area contributed by atoms with Crippen molar-refractivity contribution in [1.82, 2.24) is 5.32 Å². The highest BCUT2D eigenvalue weighted by Crippen LogP contribution is 2.24. The first kappa shape index (κ1) is 15.4. The van der Waals surface area contributed by atoms with E-state index in [4.69, 9.17) is 5.11 Å². The van der Waals surface area contributed by atoms with Crippen LogP contribution in [-0.2, 0) is 4.79 Å². The molecule has 104 valence electrons. The van der Waals surface area contributed by atoms with Gasteiger partial charge in [0, 0.05) is 10.5 Å². The average Bonchev–Trinajstić information content (AvgIpc) is 2.32. The summed E-state index contributed by atoms with van der Waals surface area (Å²) in [4.78, 5) is 22.4. The topological polar surface area (TPSA) is 78.4 Å². The second-order valence-electron chi connectivity index (χ2n) is 4.11. The molecule has 2 amide bonds. The summed E-state index contributed by atoms with van der Waals surface area (Å²) in [6.07, 6.45) is 0. The second kappa shape index (κ2) is 6.51. The number of rotatable bonds is 4. The monoisotopic (exact) mass is 332 g/mol. The van der Waals surface area contributed by atoms with Gasteiger partial charge in [0.2, 0.25) is 0 Å². The molecule has 0 saturated carbocycles. The lowest BCUT2D eigenvalue weighted by molar-refractivity contribution is -0.141. The van der Waals surface area contributed by atoms with Crippen LogP contribution in [0.3, 0.4) is 0 Å². The number of aliphatic carboxylic acids is 1. The molecule has 0 aliphatic rings. The van der Waals surface area contributed by atoms with E-state index in [0.29, 0.717) is 4.47 Å². The van der Waals surface area contributed by atoms with Gasteiger partial charge in [-0.15, -0.1) is 0 Å². The van der Waals surface area contributed by atoms with Gasteiger partial charge in [0.1, 0.15) is 5.82 Å². The van der Waals surface area contributed by atoms with Crippen LogP contribution in [0.1, 0.15) is 13.8 Å². The first-order valence-electron chi connectivity index (χ1n) is 5.57. The minimum Gasteiger partial charge on any atom is -0.481 e. The fourth-order valence-electron chi connectivity index (χ4n) is 1.31. The number of carboxylic acid groups (broad SMARTS) is 1. The third-order valence-electron chi connectivity index (χ3n) is 2.70. The summed E-state index contributed by atoms with van der Waals surface area (Å²) < 4.78 is 13.9. The molecule has 5 nitrogen and oxygen atoms in total. The van der Waals surface area contributed by atoms with Crippen molar-refractivity contribution in [3.8, 4) is 0 Å². The molecule has 0 radical (unpaired) electrons. The molecule has 1 aromatic rings. The molecule has 0 spiro atoms. The predicted molar refractivity (Wildman–Crippen MR) is 72.5 cm³/mol. The van der Waals surface area contributed by atoms with E-state index >= 15 is 0 Å². The van der Waals surface area contributed by atoms with Gasteiger partial charge in [-0.25, -0.2) is 9.18 Å². The van der Waals surface area contributed by atoms with E-state index in [1.165, 1.54) is 19.1 Å². The van der Waals surface area contributed by atoms with Crippen LogP contribution in [0, 0.1) is 11.7 Å². The van der Waals surface area contributed by atoms with Crippen molar-refractivity contribution in [2.75, 3.05) is 5.32 Å². The third kappa shape index (κ3) is 4.20. The summed E-state index contributed by atoms with van der Waals surface area (Å²) in [5, 5.41) is 13.6. The smallest absolute Gasteiger partial charge is 0.319 e. The van der Waals surface area contributed by atoms with Gasteiger partial charge in [-0.3, -0.25) is 4.79 Å². The number of amides is 2. The molecule has 1 aromatic carbocycles.